The molecule has 3 rings (SSSR count). The minimum Gasteiger partial charge on any atom is -0.493 e. The van der Waals surface area contributed by atoms with Gasteiger partial charge in [-0.1, -0.05) is 18.2 Å². The zero-order chi connectivity index (χ0) is 20.1. The molecule has 0 aliphatic heterocycles. The molecule has 3 aromatic rings. The van der Waals surface area contributed by atoms with Crippen molar-refractivity contribution in [3.05, 3.63) is 71.1 Å². The first-order valence-electron chi connectivity index (χ1n) is 8.96. The number of aromatic nitrogens is 1. The molecule has 0 fully saturated rings. The van der Waals surface area contributed by atoms with Crippen LogP contribution in [0.5, 0.6) is 5.75 Å². The quantitative estimate of drug-likeness (QED) is 0.441. The second kappa shape index (κ2) is 8.52. The zero-order valence-electron chi connectivity index (χ0n) is 16.0. The summed E-state index contributed by atoms with van der Waals surface area (Å²) in [7, 11) is 0. The fraction of sp³-hybridized carbons (Fsp3) is 0.227. The Bertz CT molecular complexity index is 991. The Labute approximate surface area is 163 Å². The Hall–Kier alpha value is -3.41. The summed E-state index contributed by atoms with van der Waals surface area (Å²) in [5.41, 5.74) is 2.04. The van der Waals surface area contributed by atoms with Crippen LogP contribution in [-0.4, -0.2) is 23.3 Å². The maximum atomic E-state index is 12.5. The van der Waals surface area contributed by atoms with Crippen molar-refractivity contribution in [1.29, 1.82) is 0 Å². The predicted molar refractivity (Wildman–Crippen MR) is 103 cm³/mol. The number of hydrogen-bond donors (Lipinski definition) is 0. The molecule has 0 bridgehead atoms. The molecule has 0 N–H and O–H groups in total. The molecule has 28 heavy (non-hydrogen) atoms. The molecule has 6 heteroatoms. The molecule has 1 aromatic heterocycles. The van der Waals surface area contributed by atoms with Crippen LogP contribution >= 0.6 is 0 Å². The lowest BCUT2D eigenvalue weighted by molar-refractivity contribution is 0.0461. The lowest BCUT2D eigenvalue weighted by atomic mass is 10.1. The number of rotatable bonds is 7. The molecule has 144 valence electrons. The van der Waals surface area contributed by atoms with E-state index in [0.29, 0.717) is 35.1 Å². The number of oxazole rings is 1. The fourth-order valence-corrected chi connectivity index (χ4v) is 2.71. The van der Waals surface area contributed by atoms with Gasteiger partial charge < -0.3 is 13.9 Å². The zero-order valence-corrected chi connectivity index (χ0v) is 16.0. The molecule has 0 saturated heterocycles. The summed E-state index contributed by atoms with van der Waals surface area (Å²) in [6, 6.07) is 14.4. The van der Waals surface area contributed by atoms with E-state index in [9.17, 15) is 9.59 Å². The highest BCUT2D eigenvalue weighted by molar-refractivity contribution is 5.94. The number of Topliss-reactive ketones (excluding diaryl/α,β-unsaturated/α-hetero) is 1. The summed E-state index contributed by atoms with van der Waals surface area (Å²) in [5, 5.41) is 0. The van der Waals surface area contributed by atoms with Crippen molar-refractivity contribution in [2.45, 2.75) is 27.4 Å². The van der Waals surface area contributed by atoms with Crippen molar-refractivity contribution in [2.24, 2.45) is 0 Å². The first-order chi connectivity index (χ1) is 13.5. The van der Waals surface area contributed by atoms with E-state index < -0.39 is 5.97 Å². The van der Waals surface area contributed by atoms with Crippen LogP contribution in [0.1, 0.15) is 46.0 Å². The molecule has 6 nitrogen and oxygen atoms in total. The third kappa shape index (κ3) is 4.28. The molecule has 0 atom stereocenters. The number of hydrogen-bond acceptors (Lipinski definition) is 6. The molecular formula is C22H21NO5. The molecule has 0 amide bonds. The molecular weight excluding hydrogens is 358 g/mol. The normalized spacial score (nSPS) is 10.5. The third-order valence-corrected chi connectivity index (χ3v) is 4.14. The van der Waals surface area contributed by atoms with Crippen LogP contribution in [0, 0.1) is 6.92 Å². The lowest BCUT2D eigenvalue weighted by Gasteiger charge is -2.11. The molecule has 0 spiro atoms. The minimum absolute atomic E-state index is 0.0394. The van der Waals surface area contributed by atoms with Crippen molar-refractivity contribution >= 4 is 11.8 Å². The number of esters is 1. The van der Waals surface area contributed by atoms with Crippen LogP contribution in [0.2, 0.25) is 0 Å². The van der Waals surface area contributed by atoms with Crippen molar-refractivity contribution in [2.75, 3.05) is 6.61 Å². The van der Waals surface area contributed by atoms with Crippen LogP contribution in [-0.2, 0) is 11.3 Å². The SMILES string of the molecule is CCOc1ccc(C(C)=O)cc1COC(=O)c1nc(-c2ccccc2)oc1C. The van der Waals surface area contributed by atoms with Crippen LogP contribution < -0.4 is 4.74 Å². The van der Waals surface area contributed by atoms with E-state index in [0.717, 1.165) is 5.56 Å². The van der Waals surface area contributed by atoms with Gasteiger partial charge in [0.25, 0.3) is 0 Å². The van der Waals surface area contributed by atoms with Gasteiger partial charge >= 0.3 is 5.97 Å². The van der Waals surface area contributed by atoms with E-state index in [2.05, 4.69) is 4.98 Å². The van der Waals surface area contributed by atoms with Gasteiger partial charge in [0.05, 0.1) is 6.61 Å². The van der Waals surface area contributed by atoms with E-state index >= 15 is 0 Å². The summed E-state index contributed by atoms with van der Waals surface area (Å²) in [4.78, 5) is 28.4. The van der Waals surface area contributed by atoms with Crippen molar-refractivity contribution in [3.63, 3.8) is 0 Å². The Morgan fingerprint density at radius 3 is 2.54 bits per heavy atom. The van der Waals surface area contributed by atoms with Crippen molar-refractivity contribution in [1.82, 2.24) is 4.98 Å². The van der Waals surface area contributed by atoms with Gasteiger partial charge in [0.2, 0.25) is 5.89 Å². The van der Waals surface area contributed by atoms with Crippen LogP contribution in [0.15, 0.2) is 52.9 Å². The number of carbonyl (C=O) groups is 2. The molecule has 0 saturated carbocycles. The highest BCUT2D eigenvalue weighted by Crippen LogP contribution is 2.24. The Balaban J connectivity index is 1.78. The molecule has 2 aromatic carbocycles. The summed E-state index contributed by atoms with van der Waals surface area (Å²) < 4.78 is 16.6. The number of aryl methyl sites for hydroxylation is 1. The molecule has 0 unspecified atom stereocenters. The van der Waals surface area contributed by atoms with E-state index in [1.54, 1.807) is 25.1 Å². The largest absolute Gasteiger partial charge is 0.493 e. The van der Waals surface area contributed by atoms with Gasteiger partial charge in [-0.2, -0.15) is 0 Å². The van der Waals surface area contributed by atoms with Crippen LogP contribution in [0.4, 0.5) is 0 Å². The molecule has 0 radical (unpaired) electrons. The topological polar surface area (TPSA) is 78.6 Å². The lowest BCUT2D eigenvalue weighted by Crippen LogP contribution is -2.09. The van der Waals surface area contributed by atoms with Gasteiger partial charge in [0.15, 0.2) is 11.5 Å². The molecule has 0 aliphatic carbocycles. The van der Waals surface area contributed by atoms with Gasteiger partial charge in [-0.15, -0.1) is 0 Å². The van der Waals surface area contributed by atoms with Gasteiger partial charge in [-0.05, 0) is 51.1 Å². The van der Waals surface area contributed by atoms with E-state index in [-0.39, 0.29) is 18.1 Å². The number of ketones is 1. The van der Waals surface area contributed by atoms with Gasteiger partial charge in [-0.25, -0.2) is 9.78 Å². The summed E-state index contributed by atoms with van der Waals surface area (Å²) >= 11 is 0. The predicted octanol–water partition coefficient (Wildman–Crippen LogP) is 4.61. The van der Waals surface area contributed by atoms with Crippen LogP contribution in [0.25, 0.3) is 11.5 Å². The van der Waals surface area contributed by atoms with Crippen molar-refractivity contribution in [3.8, 4) is 17.2 Å². The van der Waals surface area contributed by atoms with Crippen molar-refractivity contribution < 1.29 is 23.5 Å². The van der Waals surface area contributed by atoms with E-state index in [1.807, 2.05) is 37.3 Å². The second-order valence-electron chi connectivity index (χ2n) is 6.18. The average Bonchev–Trinajstić information content (AvgIpc) is 3.09. The van der Waals surface area contributed by atoms with Crippen LogP contribution in [0.3, 0.4) is 0 Å². The first-order valence-corrected chi connectivity index (χ1v) is 8.96. The van der Waals surface area contributed by atoms with Gasteiger partial charge in [0.1, 0.15) is 18.1 Å². The number of benzene rings is 2. The molecule has 1 heterocycles. The number of nitrogens with zero attached hydrogens (tertiary/aromatic N) is 1. The Morgan fingerprint density at radius 2 is 1.86 bits per heavy atom. The maximum absolute atomic E-state index is 12.5. The van der Waals surface area contributed by atoms with Gasteiger partial charge in [0, 0.05) is 16.7 Å². The number of ether oxygens (including phenoxy) is 2. The van der Waals surface area contributed by atoms with E-state index in [4.69, 9.17) is 13.9 Å². The Morgan fingerprint density at radius 1 is 1.11 bits per heavy atom. The smallest absolute Gasteiger partial charge is 0.360 e. The third-order valence-electron chi connectivity index (χ3n) is 4.14. The summed E-state index contributed by atoms with van der Waals surface area (Å²) in [6.07, 6.45) is 0. The van der Waals surface area contributed by atoms with E-state index in [1.165, 1.54) is 6.92 Å². The summed E-state index contributed by atoms with van der Waals surface area (Å²) in [6.45, 7) is 5.43. The number of carbonyl (C=O) groups excluding carboxylic acids is 2. The minimum atomic E-state index is -0.598. The monoisotopic (exact) mass is 379 g/mol. The second-order valence-corrected chi connectivity index (χ2v) is 6.18. The highest BCUT2D eigenvalue weighted by Gasteiger charge is 2.20. The Kier molecular flexibility index (Phi) is 5.89. The van der Waals surface area contributed by atoms with Gasteiger partial charge in [-0.3, -0.25) is 4.79 Å². The molecule has 0 aliphatic rings. The fourth-order valence-electron chi connectivity index (χ4n) is 2.71. The first kappa shape index (κ1) is 19.4. The average molecular weight is 379 g/mol. The summed E-state index contributed by atoms with van der Waals surface area (Å²) in [5.74, 6) is 0.640. The standard InChI is InChI=1S/C22H21NO5/c1-4-26-19-11-10-17(14(2)24)12-18(19)13-27-22(25)20-15(3)28-21(23-20)16-8-6-5-7-9-16/h5-12H,4,13H2,1-3H3. The highest BCUT2D eigenvalue weighted by atomic mass is 16.5. The maximum Gasteiger partial charge on any atom is 0.360 e.